The van der Waals surface area contributed by atoms with Gasteiger partial charge in [0.15, 0.2) is 0 Å². The number of carbonyl (C=O) groups is 1. The molecule has 1 fully saturated rings. The monoisotopic (exact) mass is 388 g/mol. The van der Waals surface area contributed by atoms with Crippen LogP contribution in [-0.4, -0.2) is 43.0 Å². The number of Topliss-reactive ketones (excluding diaryl/α,β-unsaturated/α-hetero) is 1. The first-order valence-electron chi connectivity index (χ1n) is 8.71. The lowest BCUT2D eigenvalue weighted by Crippen LogP contribution is -2.33. The molecule has 1 aromatic heterocycles. The molecule has 3 rings (SSSR count). The number of pyridine rings is 1. The Balaban J connectivity index is 0.00000126. The number of piperidine rings is 1. The fourth-order valence-corrected chi connectivity index (χ4v) is 3.23. The van der Waals surface area contributed by atoms with Crippen LogP contribution in [0.2, 0.25) is 5.02 Å². The first-order valence-corrected chi connectivity index (χ1v) is 9.09. The molecule has 0 atom stereocenters. The van der Waals surface area contributed by atoms with Crippen LogP contribution in [0.1, 0.15) is 18.4 Å². The lowest BCUT2D eigenvalue weighted by molar-refractivity contribution is -0.121. The van der Waals surface area contributed by atoms with Gasteiger partial charge in [0.05, 0.1) is 19.9 Å². The summed E-state index contributed by atoms with van der Waals surface area (Å²) >= 11 is 6.24. The van der Waals surface area contributed by atoms with Gasteiger partial charge in [-0.25, -0.2) is 0 Å². The third kappa shape index (κ3) is 5.31. The molecule has 1 saturated heterocycles. The third-order valence-electron chi connectivity index (χ3n) is 4.39. The molecule has 5 nitrogen and oxygen atoms in total. The number of ketones is 1. The van der Waals surface area contributed by atoms with E-state index in [1.807, 2.05) is 18.2 Å². The van der Waals surface area contributed by atoms with Gasteiger partial charge >= 0.3 is 0 Å². The van der Waals surface area contributed by atoms with E-state index in [0.717, 1.165) is 36.5 Å². The standard InChI is InChI=1S/C19H21ClN2O3.C2H4/c1-24-17-10-14(11-18(25-2)19(17)20)16-9-13(3-6-21-16)12-22-7-4-15(23)5-8-22;1-2/h3,6,9-11H,4-5,7-8,12H2,1-2H3;1-2H2. The summed E-state index contributed by atoms with van der Waals surface area (Å²) in [5.74, 6) is 1.46. The summed E-state index contributed by atoms with van der Waals surface area (Å²) in [4.78, 5) is 18.1. The van der Waals surface area contributed by atoms with Crippen LogP contribution in [0.25, 0.3) is 11.3 Å². The molecule has 0 amide bonds. The average Bonchev–Trinajstić information content (AvgIpc) is 2.71. The van der Waals surface area contributed by atoms with Crippen molar-refractivity contribution < 1.29 is 14.3 Å². The molecular formula is C21H25ClN2O3. The Morgan fingerprint density at radius 2 is 1.70 bits per heavy atom. The number of likely N-dealkylation sites (tertiary alicyclic amines) is 1. The molecule has 2 heterocycles. The van der Waals surface area contributed by atoms with Gasteiger partial charge in [0.2, 0.25) is 0 Å². The van der Waals surface area contributed by atoms with Crippen molar-refractivity contribution in [1.29, 1.82) is 0 Å². The molecule has 0 saturated carbocycles. The highest BCUT2D eigenvalue weighted by molar-refractivity contribution is 6.33. The molecule has 27 heavy (non-hydrogen) atoms. The van der Waals surface area contributed by atoms with Crippen molar-refractivity contribution in [3.05, 3.63) is 54.2 Å². The summed E-state index contributed by atoms with van der Waals surface area (Å²) in [7, 11) is 3.15. The normalized spacial score (nSPS) is 14.3. The number of aromatic nitrogens is 1. The summed E-state index contributed by atoms with van der Waals surface area (Å²) in [5, 5.41) is 0.447. The zero-order chi connectivity index (χ0) is 19.8. The van der Waals surface area contributed by atoms with Gasteiger partial charge in [-0.2, -0.15) is 0 Å². The molecule has 0 radical (unpaired) electrons. The van der Waals surface area contributed by atoms with E-state index in [1.54, 1.807) is 20.4 Å². The van der Waals surface area contributed by atoms with E-state index in [1.165, 1.54) is 0 Å². The Kier molecular flexibility index (Phi) is 7.82. The number of hydrogen-bond acceptors (Lipinski definition) is 5. The minimum Gasteiger partial charge on any atom is -0.495 e. The van der Waals surface area contributed by atoms with Gasteiger partial charge in [0, 0.05) is 44.2 Å². The molecule has 1 aliphatic heterocycles. The van der Waals surface area contributed by atoms with Crippen LogP contribution in [-0.2, 0) is 11.3 Å². The summed E-state index contributed by atoms with van der Waals surface area (Å²) in [6, 6.07) is 7.77. The Hall–Kier alpha value is -2.37. The van der Waals surface area contributed by atoms with Crippen LogP contribution in [0.3, 0.4) is 0 Å². The highest BCUT2D eigenvalue weighted by atomic mass is 35.5. The lowest BCUT2D eigenvalue weighted by atomic mass is 10.1. The van der Waals surface area contributed by atoms with Crippen molar-refractivity contribution in [3.63, 3.8) is 0 Å². The topological polar surface area (TPSA) is 51.7 Å². The van der Waals surface area contributed by atoms with E-state index in [-0.39, 0.29) is 0 Å². The van der Waals surface area contributed by atoms with E-state index < -0.39 is 0 Å². The molecule has 0 spiro atoms. The van der Waals surface area contributed by atoms with Crippen LogP contribution in [0.15, 0.2) is 43.6 Å². The van der Waals surface area contributed by atoms with Crippen molar-refractivity contribution in [2.45, 2.75) is 19.4 Å². The van der Waals surface area contributed by atoms with Crippen molar-refractivity contribution in [2.75, 3.05) is 27.3 Å². The molecule has 0 aliphatic carbocycles. The zero-order valence-electron chi connectivity index (χ0n) is 15.8. The quantitative estimate of drug-likeness (QED) is 0.711. The summed E-state index contributed by atoms with van der Waals surface area (Å²) in [6.07, 6.45) is 3.08. The molecule has 1 aliphatic rings. The Bertz CT molecular complexity index is 760. The Morgan fingerprint density at radius 3 is 2.26 bits per heavy atom. The maximum Gasteiger partial charge on any atom is 0.141 e. The third-order valence-corrected chi connectivity index (χ3v) is 4.76. The van der Waals surface area contributed by atoms with E-state index in [2.05, 4.69) is 29.1 Å². The predicted octanol–water partition coefficient (Wildman–Crippen LogP) is 4.39. The zero-order valence-corrected chi connectivity index (χ0v) is 16.6. The van der Waals surface area contributed by atoms with Crippen LogP contribution in [0, 0.1) is 0 Å². The number of methoxy groups -OCH3 is 2. The van der Waals surface area contributed by atoms with Gasteiger partial charge in [-0.05, 0) is 29.8 Å². The number of rotatable bonds is 5. The van der Waals surface area contributed by atoms with E-state index >= 15 is 0 Å². The lowest BCUT2D eigenvalue weighted by Gasteiger charge is -2.25. The highest BCUT2D eigenvalue weighted by Crippen LogP contribution is 2.38. The van der Waals surface area contributed by atoms with Crippen LogP contribution in [0.5, 0.6) is 11.5 Å². The largest absolute Gasteiger partial charge is 0.495 e. The minimum absolute atomic E-state index is 0.354. The molecule has 1 aromatic carbocycles. The van der Waals surface area contributed by atoms with Gasteiger partial charge in [0.25, 0.3) is 0 Å². The van der Waals surface area contributed by atoms with Gasteiger partial charge in [-0.1, -0.05) is 11.6 Å². The first kappa shape index (κ1) is 20.9. The SMILES string of the molecule is C=C.COc1cc(-c2cc(CN3CCC(=O)CC3)ccn2)cc(OC)c1Cl. The number of ether oxygens (including phenoxy) is 2. The first-order chi connectivity index (χ1) is 13.1. The maximum absolute atomic E-state index is 11.4. The maximum atomic E-state index is 11.4. The summed E-state index contributed by atoms with van der Waals surface area (Å²) in [6.45, 7) is 8.45. The Labute approximate surface area is 165 Å². The van der Waals surface area contributed by atoms with Gasteiger partial charge in [-0.3, -0.25) is 14.7 Å². The molecule has 2 aromatic rings. The van der Waals surface area contributed by atoms with Crippen molar-refractivity contribution in [1.82, 2.24) is 9.88 Å². The van der Waals surface area contributed by atoms with Crippen LogP contribution >= 0.6 is 11.6 Å². The van der Waals surface area contributed by atoms with Crippen molar-refractivity contribution >= 4 is 17.4 Å². The fraction of sp³-hybridized carbons (Fsp3) is 0.333. The highest BCUT2D eigenvalue weighted by Gasteiger charge is 2.17. The summed E-state index contributed by atoms with van der Waals surface area (Å²) < 4.78 is 10.7. The molecular weight excluding hydrogens is 364 g/mol. The molecule has 144 valence electrons. The van der Waals surface area contributed by atoms with Crippen LogP contribution in [0.4, 0.5) is 0 Å². The predicted molar refractivity (Wildman–Crippen MR) is 109 cm³/mol. The number of nitrogens with zero attached hydrogens (tertiary/aromatic N) is 2. The molecule has 6 heteroatoms. The molecule has 0 N–H and O–H groups in total. The number of benzene rings is 1. The smallest absolute Gasteiger partial charge is 0.141 e. The second kappa shape index (κ2) is 10.1. The van der Waals surface area contributed by atoms with Crippen molar-refractivity contribution in [2.24, 2.45) is 0 Å². The molecule has 0 unspecified atom stereocenters. The second-order valence-electron chi connectivity index (χ2n) is 6.06. The van der Waals surface area contributed by atoms with Crippen LogP contribution < -0.4 is 9.47 Å². The molecule has 0 bridgehead atoms. The average molecular weight is 389 g/mol. The fourth-order valence-electron chi connectivity index (χ4n) is 2.97. The Morgan fingerprint density at radius 1 is 1.11 bits per heavy atom. The summed E-state index contributed by atoms with van der Waals surface area (Å²) in [5.41, 5.74) is 2.87. The van der Waals surface area contributed by atoms with E-state index in [9.17, 15) is 4.79 Å². The van der Waals surface area contributed by atoms with Gasteiger partial charge in [-0.15, -0.1) is 13.2 Å². The van der Waals surface area contributed by atoms with Crippen molar-refractivity contribution in [3.8, 4) is 22.8 Å². The number of carbonyl (C=O) groups excluding carboxylic acids is 1. The van der Waals surface area contributed by atoms with Gasteiger partial charge < -0.3 is 9.47 Å². The minimum atomic E-state index is 0.354. The van der Waals surface area contributed by atoms with E-state index in [4.69, 9.17) is 21.1 Å². The number of halogens is 1. The second-order valence-corrected chi connectivity index (χ2v) is 6.44. The van der Waals surface area contributed by atoms with E-state index in [0.29, 0.717) is 35.1 Å². The van der Waals surface area contributed by atoms with Gasteiger partial charge in [0.1, 0.15) is 22.3 Å². The number of hydrogen-bond donors (Lipinski definition) is 0.